The first-order valence-electron chi connectivity index (χ1n) is 42.3. The molecular formula is C92H156N2. The van der Waals surface area contributed by atoms with Crippen LogP contribution in [0.2, 0.25) is 0 Å². The van der Waals surface area contributed by atoms with Crippen LogP contribution in [0.5, 0.6) is 0 Å². The molecule has 94 heavy (non-hydrogen) atoms. The Morgan fingerprint density at radius 3 is 0.681 bits per heavy atom. The van der Waals surface area contributed by atoms with E-state index >= 15 is 0 Å². The molecule has 2 aromatic carbocycles. The number of unbranched alkanes of at least 4 members (excludes halogenated alkanes) is 57. The standard InChI is InChI=1S/C92H156N2/c1-6-11-16-20-24-28-32-36-40-44-48-52-56-60-64-68-72-84-77-85(73-69-65-61-57-53-49-45-41-37-33-29-25-21-17-12-7-2)80-89(79-84)91-83-88(76-15-10-5)92(94(91)93)90-81-86(74-70-66-62-58-54-50-46-42-38-34-30-26-22-18-13-8-3)78-87(82-90)75-71-67-63-59-55-51-47-43-39-35-31-27-23-19-14-9-4/h68-83,93H,6-67H2,1-5H3. The quantitative estimate of drug-likeness (QED) is 0.0466. The summed E-state index contributed by atoms with van der Waals surface area (Å²) >= 11 is 0. The fourth-order valence-corrected chi connectivity index (χ4v) is 14.2. The van der Waals surface area contributed by atoms with E-state index in [0.29, 0.717) is 0 Å². The van der Waals surface area contributed by atoms with Gasteiger partial charge in [0.15, 0.2) is 0 Å². The number of nitrogens with one attached hydrogen (secondary N) is 1. The number of benzene rings is 2. The molecule has 0 saturated carbocycles. The number of hydrogen-bond acceptors (Lipinski definition) is 0. The molecule has 534 valence electrons. The lowest BCUT2D eigenvalue weighted by Crippen LogP contribution is -2.12. The molecular weight excluding hydrogens is 1130 g/mol. The Kier molecular flexibility index (Phi) is 57.6. The van der Waals surface area contributed by atoms with Gasteiger partial charge in [0, 0.05) is 22.8 Å². The molecule has 2 aromatic rings. The molecule has 0 aliphatic carbocycles. The van der Waals surface area contributed by atoms with Crippen LogP contribution in [-0.4, -0.2) is 10.4 Å². The van der Waals surface area contributed by atoms with Gasteiger partial charge < -0.3 is 5.84 Å². The third kappa shape index (κ3) is 46.5. The van der Waals surface area contributed by atoms with Crippen molar-refractivity contribution in [2.45, 2.75) is 433 Å². The van der Waals surface area contributed by atoms with Crippen molar-refractivity contribution in [2.24, 2.45) is 0 Å². The molecule has 1 heterocycles. The predicted molar refractivity (Wildman–Crippen MR) is 428 cm³/mol. The molecule has 0 radical (unpaired) electrons. The summed E-state index contributed by atoms with van der Waals surface area (Å²) in [7, 11) is 0. The highest BCUT2D eigenvalue weighted by Gasteiger charge is 2.29. The Morgan fingerprint density at radius 2 is 0.457 bits per heavy atom. The molecule has 0 spiro atoms. The number of allylic oxidation sites excluding steroid dienone is 7. The van der Waals surface area contributed by atoms with Gasteiger partial charge in [-0.25, -0.2) is 4.68 Å². The smallest absolute Gasteiger partial charge is 0.215 e. The zero-order valence-electron chi connectivity index (χ0n) is 63.5. The molecule has 0 unspecified atom stereocenters. The van der Waals surface area contributed by atoms with Crippen molar-refractivity contribution in [1.82, 2.24) is 0 Å². The summed E-state index contributed by atoms with van der Waals surface area (Å²) in [6.45, 7) is 11.5. The minimum absolute atomic E-state index is 0.981. The lowest BCUT2D eigenvalue weighted by molar-refractivity contribution is -0.347. The first-order chi connectivity index (χ1) is 46.5. The first kappa shape index (κ1) is 84.6. The molecule has 0 aromatic heterocycles. The minimum Gasteiger partial charge on any atom is -0.448 e. The van der Waals surface area contributed by atoms with Crippen LogP contribution in [0.1, 0.15) is 466 Å². The second-order valence-corrected chi connectivity index (χ2v) is 29.6. The molecule has 0 amide bonds. The molecule has 0 atom stereocenters. The van der Waals surface area contributed by atoms with Gasteiger partial charge in [0.25, 0.3) is 0 Å². The highest BCUT2D eigenvalue weighted by molar-refractivity contribution is 6.15. The normalized spacial score (nSPS) is 13.4. The van der Waals surface area contributed by atoms with Gasteiger partial charge >= 0.3 is 0 Å². The maximum atomic E-state index is 10.1. The van der Waals surface area contributed by atoms with Crippen LogP contribution < -0.4 is 0 Å². The van der Waals surface area contributed by atoms with E-state index < -0.39 is 0 Å². The Bertz CT molecular complexity index is 2140. The van der Waals surface area contributed by atoms with Gasteiger partial charge in [-0.15, -0.1) is 0 Å². The Hall–Kier alpha value is -3.65. The number of nitrogens with zero attached hydrogens (tertiary/aromatic N) is 1. The maximum Gasteiger partial charge on any atom is 0.215 e. The molecule has 2 heteroatoms. The van der Waals surface area contributed by atoms with Crippen LogP contribution in [-0.2, 0) is 0 Å². The molecule has 2 nitrogen and oxygen atoms in total. The summed E-state index contributed by atoms with van der Waals surface area (Å²) in [6.07, 6.45) is 109. The van der Waals surface area contributed by atoms with Crippen LogP contribution in [0.15, 0.2) is 78.4 Å². The fourth-order valence-electron chi connectivity index (χ4n) is 14.2. The number of rotatable bonds is 68. The first-order valence-corrected chi connectivity index (χ1v) is 42.3. The summed E-state index contributed by atoms with van der Waals surface area (Å²) in [5.41, 5.74) is 10.5. The summed E-state index contributed by atoms with van der Waals surface area (Å²) in [5, 5.41) is 0. The van der Waals surface area contributed by atoms with Gasteiger partial charge in [0.05, 0.1) is 0 Å². The molecule has 1 N–H and O–H groups in total. The van der Waals surface area contributed by atoms with E-state index in [1.165, 1.54) is 387 Å². The minimum atomic E-state index is 0.981. The topological polar surface area (TPSA) is 26.8 Å². The Morgan fingerprint density at radius 1 is 0.245 bits per heavy atom. The third-order valence-corrected chi connectivity index (χ3v) is 20.3. The second-order valence-electron chi connectivity index (χ2n) is 29.6. The van der Waals surface area contributed by atoms with E-state index in [-0.39, 0.29) is 0 Å². The molecule has 1 aliphatic rings. The van der Waals surface area contributed by atoms with Crippen LogP contribution in [0.3, 0.4) is 0 Å². The predicted octanol–water partition coefficient (Wildman–Crippen LogP) is 32.8. The Labute approximate surface area is 587 Å². The summed E-state index contributed by atoms with van der Waals surface area (Å²) in [5.74, 6) is 10.1. The highest BCUT2D eigenvalue weighted by atomic mass is 15.3. The maximum absolute atomic E-state index is 10.1. The molecule has 3 rings (SSSR count). The molecule has 0 bridgehead atoms. The van der Waals surface area contributed by atoms with Gasteiger partial charge in [-0.3, -0.25) is 0 Å². The van der Waals surface area contributed by atoms with E-state index in [2.05, 4.69) is 132 Å². The zero-order chi connectivity index (χ0) is 66.9. The van der Waals surface area contributed by atoms with Gasteiger partial charge in [0.1, 0.15) is 0 Å². The monoisotopic (exact) mass is 1290 g/mol. The van der Waals surface area contributed by atoms with Crippen LogP contribution in [0.4, 0.5) is 0 Å². The largest absolute Gasteiger partial charge is 0.448 e. The molecule has 0 saturated heterocycles. The fraction of sp³-hybridized carbons (Fsp3) is 0.728. The van der Waals surface area contributed by atoms with E-state index in [4.69, 9.17) is 0 Å². The zero-order valence-corrected chi connectivity index (χ0v) is 63.5. The van der Waals surface area contributed by atoms with Crippen molar-refractivity contribution in [3.8, 4) is 0 Å². The Balaban J connectivity index is 1.76. The summed E-state index contributed by atoms with van der Waals surface area (Å²) in [4.78, 5) is 0. The van der Waals surface area contributed by atoms with Gasteiger partial charge in [-0.1, -0.05) is 430 Å². The third-order valence-electron chi connectivity index (χ3n) is 20.3. The number of hydrogen-bond donors (Lipinski definition) is 0. The lowest BCUT2D eigenvalue weighted by atomic mass is 9.96. The average Bonchev–Trinajstić information content (AvgIpc) is 1.62. The van der Waals surface area contributed by atoms with Crippen molar-refractivity contribution >= 4 is 35.7 Å². The van der Waals surface area contributed by atoms with Crippen molar-refractivity contribution in [3.05, 3.63) is 118 Å². The summed E-state index contributed by atoms with van der Waals surface area (Å²) < 4.78 is 1.79. The van der Waals surface area contributed by atoms with Crippen molar-refractivity contribution in [1.29, 1.82) is 0 Å². The van der Waals surface area contributed by atoms with Crippen LogP contribution >= 0.6 is 0 Å². The van der Waals surface area contributed by atoms with Crippen molar-refractivity contribution in [3.63, 3.8) is 0 Å². The van der Waals surface area contributed by atoms with E-state index in [0.717, 1.165) is 61.1 Å². The SMILES string of the molecule is CCCC=C1C=C(c2cc(C=CCCCCCCCCCCCCCCCC)cc(C=CCCCCCCCCCCCCCCCC)c2)[N+]([NH-])=C1c1cc(C=CCCCCCCCCCCCCCCCC)cc(C=CCCCCCCCCCCCCCCCC)c1. The van der Waals surface area contributed by atoms with Gasteiger partial charge in [-0.2, -0.15) is 0 Å². The van der Waals surface area contributed by atoms with E-state index in [1.54, 1.807) is 4.68 Å². The average molecular weight is 1290 g/mol. The van der Waals surface area contributed by atoms with E-state index in [9.17, 15) is 5.84 Å². The van der Waals surface area contributed by atoms with Crippen molar-refractivity contribution < 1.29 is 4.68 Å². The molecule has 1 aliphatic heterocycles. The lowest BCUT2D eigenvalue weighted by Gasteiger charge is -2.11. The molecule has 0 fully saturated rings. The van der Waals surface area contributed by atoms with Crippen molar-refractivity contribution in [2.75, 3.05) is 0 Å². The van der Waals surface area contributed by atoms with Gasteiger partial charge in [0.2, 0.25) is 11.4 Å². The van der Waals surface area contributed by atoms with Gasteiger partial charge in [-0.05, 0) is 116 Å². The van der Waals surface area contributed by atoms with E-state index in [1.807, 2.05) is 0 Å². The highest BCUT2D eigenvalue weighted by Crippen LogP contribution is 2.33. The van der Waals surface area contributed by atoms with Crippen LogP contribution in [0.25, 0.3) is 35.8 Å². The summed E-state index contributed by atoms with van der Waals surface area (Å²) in [6, 6.07) is 14.3. The second kappa shape index (κ2) is 64.1. The van der Waals surface area contributed by atoms with Crippen LogP contribution in [0, 0.1) is 0 Å².